The first-order valence-electron chi connectivity index (χ1n) is 13.2. The van der Waals surface area contributed by atoms with E-state index in [0.29, 0.717) is 24.4 Å². The van der Waals surface area contributed by atoms with Crippen LogP contribution in [0.15, 0.2) is 48.2 Å². The highest BCUT2D eigenvalue weighted by Gasteiger charge is 2.28. The van der Waals surface area contributed by atoms with Gasteiger partial charge in [-0.05, 0) is 67.5 Å². The van der Waals surface area contributed by atoms with Gasteiger partial charge in [0.25, 0.3) is 0 Å². The highest BCUT2D eigenvalue weighted by molar-refractivity contribution is 6.31. The Morgan fingerprint density at radius 3 is 2.61 bits per heavy atom. The van der Waals surface area contributed by atoms with Crippen LogP contribution in [0.3, 0.4) is 0 Å². The van der Waals surface area contributed by atoms with E-state index >= 15 is 0 Å². The molecular weight excluding hydrogens is 473 g/mol. The summed E-state index contributed by atoms with van der Waals surface area (Å²) < 4.78 is 14.8. The number of allylic oxidation sites excluding steroid dienone is 1. The number of nitrogens with one attached hydrogen (secondary N) is 1. The number of hydrogen-bond donors (Lipinski definition) is 3. The van der Waals surface area contributed by atoms with Crippen LogP contribution in [-0.2, 0) is 0 Å². The second kappa shape index (κ2) is 10.8. The molecule has 5 rings (SSSR count). The number of anilines is 1. The molecule has 1 saturated carbocycles. The molecule has 5 nitrogen and oxygen atoms in total. The normalized spacial score (nSPS) is 23.1. The summed E-state index contributed by atoms with van der Waals surface area (Å²) in [6, 6.07) is 12.2. The molecule has 0 radical (unpaired) electrons. The molecule has 2 aromatic carbocycles. The van der Waals surface area contributed by atoms with Gasteiger partial charge in [-0.2, -0.15) is 0 Å². The third-order valence-corrected chi connectivity index (χ3v) is 8.28. The van der Waals surface area contributed by atoms with Crippen LogP contribution in [0.25, 0.3) is 11.3 Å². The lowest BCUT2D eigenvalue weighted by atomic mass is 9.89. The Morgan fingerprint density at radius 1 is 1.08 bits per heavy atom. The van der Waals surface area contributed by atoms with Crippen LogP contribution in [0, 0.1) is 5.82 Å². The van der Waals surface area contributed by atoms with Crippen LogP contribution in [0.5, 0.6) is 0 Å². The van der Waals surface area contributed by atoms with Gasteiger partial charge in [0.15, 0.2) is 5.82 Å². The van der Waals surface area contributed by atoms with Crippen LogP contribution in [0.2, 0.25) is 5.02 Å². The molecule has 2 heterocycles. The van der Waals surface area contributed by atoms with E-state index in [1.54, 1.807) is 23.2 Å². The van der Waals surface area contributed by atoms with Crippen LogP contribution >= 0.6 is 11.6 Å². The molecule has 3 aliphatic rings. The number of fused-ring (bicyclic) bond motifs is 1. The zero-order chi connectivity index (χ0) is 25.2. The monoisotopic (exact) mass is 509 g/mol. The first-order chi connectivity index (χ1) is 17.4. The quantitative estimate of drug-likeness (QED) is 0.423. The third-order valence-electron chi connectivity index (χ3n) is 7.99. The molecule has 0 spiro atoms. The van der Waals surface area contributed by atoms with Gasteiger partial charge in [0.2, 0.25) is 0 Å². The van der Waals surface area contributed by atoms with Gasteiger partial charge >= 0.3 is 0 Å². The van der Waals surface area contributed by atoms with Gasteiger partial charge in [-0.1, -0.05) is 55.1 Å². The molecule has 1 fully saturated rings. The van der Waals surface area contributed by atoms with Crippen molar-refractivity contribution >= 4 is 28.6 Å². The summed E-state index contributed by atoms with van der Waals surface area (Å²) in [6.45, 7) is 4.58. The summed E-state index contributed by atoms with van der Waals surface area (Å²) in [5, 5.41) is 5.24. The van der Waals surface area contributed by atoms with Crippen molar-refractivity contribution in [3.8, 4) is 0 Å². The predicted molar refractivity (Wildman–Crippen MR) is 148 cm³/mol. The van der Waals surface area contributed by atoms with Gasteiger partial charge < -0.3 is 16.1 Å². The Morgan fingerprint density at radius 2 is 1.89 bits per heavy atom. The predicted octanol–water partition coefficient (Wildman–Crippen LogP) is 6.28. The summed E-state index contributed by atoms with van der Waals surface area (Å²) in [4.78, 5) is 2.66. The van der Waals surface area contributed by atoms with Gasteiger partial charge in [-0.15, -0.1) is 0 Å². The molecule has 0 saturated heterocycles. The van der Waals surface area contributed by atoms with Crippen LogP contribution in [-0.4, -0.2) is 35.6 Å². The average molecular weight is 510 g/mol. The molecule has 1 aliphatic carbocycles. The van der Waals surface area contributed by atoms with Crippen molar-refractivity contribution in [1.29, 1.82) is 0 Å². The summed E-state index contributed by atoms with van der Waals surface area (Å²) in [5.74, 6) is 5.99. The van der Waals surface area contributed by atoms with E-state index in [1.165, 1.54) is 43.2 Å². The van der Waals surface area contributed by atoms with Gasteiger partial charge in [0.05, 0.1) is 22.4 Å². The fourth-order valence-corrected chi connectivity index (χ4v) is 6.25. The van der Waals surface area contributed by atoms with Crippen molar-refractivity contribution in [2.24, 2.45) is 11.6 Å². The molecule has 0 aromatic heterocycles. The Kier molecular flexibility index (Phi) is 7.56. The fraction of sp³-hybridized carbons (Fsp3) is 0.448. The maximum Gasteiger partial charge on any atom is 0.164 e. The Bertz CT molecular complexity index is 1170. The first-order valence-corrected chi connectivity index (χ1v) is 13.6. The third kappa shape index (κ3) is 5.13. The van der Waals surface area contributed by atoms with Crippen molar-refractivity contribution in [2.75, 3.05) is 25.0 Å². The lowest BCUT2D eigenvalue weighted by Crippen LogP contribution is -2.39. The SMILES string of the molecule is C/C(N)=C1\c2ccc(C3=CCN(C4CCCCC4)CC3)cc2C(Nc2cccc(Cl)c2F)CCN1N. The molecule has 0 amide bonds. The summed E-state index contributed by atoms with van der Waals surface area (Å²) in [7, 11) is 0. The smallest absolute Gasteiger partial charge is 0.164 e. The van der Waals surface area contributed by atoms with Gasteiger partial charge in [0, 0.05) is 36.9 Å². The van der Waals surface area contributed by atoms with Crippen LogP contribution in [0.4, 0.5) is 10.1 Å². The second-order valence-electron chi connectivity index (χ2n) is 10.4. The van der Waals surface area contributed by atoms with Gasteiger partial charge in [-0.25, -0.2) is 10.2 Å². The molecule has 192 valence electrons. The van der Waals surface area contributed by atoms with Crippen LogP contribution in [0.1, 0.15) is 74.6 Å². The lowest BCUT2D eigenvalue weighted by Gasteiger charge is -2.36. The number of hydrazine groups is 1. The number of benzene rings is 2. The number of nitrogens with two attached hydrogens (primary N) is 2. The highest BCUT2D eigenvalue weighted by Crippen LogP contribution is 2.38. The number of rotatable bonds is 4. The topological polar surface area (TPSA) is 70.5 Å². The number of nitrogens with zero attached hydrogens (tertiary/aromatic N) is 2. The molecule has 0 bridgehead atoms. The second-order valence-corrected chi connectivity index (χ2v) is 10.8. The molecular formula is C29H37ClFN5. The highest BCUT2D eigenvalue weighted by atomic mass is 35.5. The van der Waals surface area contributed by atoms with Crippen molar-refractivity contribution in [1.82, 2.24) is 9.91 Å². The molecule has 36 heavy (non-hydrogen) atoms. The van der Waals surface area contributed by atoms with Crippen LogP contribution < -0.4 is 16.9 Å². The maximum absolute atomic E-state index is 14.8. The Balaban J connectivity index is 1.48. The van der Waals surface area contributed by atoms with Crippen molar-refractivity contribution in [3.05, 3.63) is 75.7 Å². The number of halogens is 2. The average Bonchev–Trinajstić information content (AvgIpc) is 3.03. The Hall–Kier alpha value is -2.54. The van der Waals surface area contributed by atoms with E-state index in [2.05, 4.69) is 34.5 Å². The fourth-order valence-electron chi connectivity index (χ4n) is 6.07. The van der Waals surface area contributed by atoms with E-state index in [-0.39, 0.29) is 11.1 Å². The van der Waals surface area contributed by atoms with Crippen molar-refractivity contribution < 1.29 is 4.39 Å². The molecule has 2 aromatic rings. The summed E-state index contributed by atoms with van der Waals surface area (Å²) in [5.41, 5.74) is 12.8. The standard InChI is InChI=1S/C29H37ClFN5/c1-19(32)29-23-11-10-21(20-12-15-35(16-13-20)22-6-3-2-4-7-22)18-24(23)26(14-17-36(29)33)34-27-9-5-8-25(30)28(27)31/h5,8-12,18,22,26,34H,2-4,6-7,13-17,32-33H2,1H3/b29-19-. The van der Waals surface area contributed by atoms with Gasteiger partial charge in [-0.3, -0.25) is 4.90 Å². The minimum absolute atomic E-state index is 0.108. The van der Waals surface area contributed by atoms with E-state index in [1.807, 2.05) is 6.92 Å². The minimum atomic E-state index is -0.436. The lowest BCUT2D eigenvalue weighted by molar-refractivity contribution is 0.171. The van der Waals surface area contributed by atoms with E-state index in [4.69, 9.17) is 23.2 Å². The molecule has 7 heteroatoms. The van der Waals surface area contributed by atoms with E-state index in [9.17, 15) is 4.39 Å². The van der Waals surface area contributed by atoms with Crippen molar-refractivity contribution in [2.45, 2.75) is 64.0 Å². The molecule has 2 aliphatic heterocycles. The van der Waals surface area contributed by atoms with Crippen molar-refractivity contribution in [3.63, 3.8) is 0 Å². The summed E-state index contributed by atoms with van der Waals surface area (Å²) >= 11 is 6.07. The van der Waals surface area contributed by atoms with Gasteiger partial charge in [0.1, 0.15) is 0 Å². The minimum Gasteiger partial charge on any atom is -0.401 e. The summed E-state index contributed by atoms with van der Waals surface area (Å²) in [6.07, 6.45) is 10.9. The van der Waals surface area contributed by atoms with E-state index < -0.39 is 5.82 Å². The molecule has 5 N–H and O–H groups in total. The Labute approximate surface area is 218 Å². The number of hydrogen-bond acceptors (Lipinski definition) is 5. The largest absolute Gasteiger partial charge is 0.401 e. The van der Waals surface area contributed by atoms with E-state index in [0.717, 1.165) is 42.4 Å². The maximum atomic E-state index is 14.8. The molecule has 1 atom stereocenters. The zero-order valence-electron chi connectivity index (χ0n) is 21.1. The first kappa shape index (κ1) is 25.1. The zero-order valence-corrected chi connectivity index (χ0v) is 21.8. The molecule has 1 unspecified atom stereocenters.